The maximum Gasteiger partial charge on any atom is 0.294 e. The van der Waals surface area contributed by atoms with E-state index in [-0.39, 0.29) is 17.6 Å². The third-order valence-corrected chi connectivity index (χ3v) is 4.92. The molecule has 0 saturated carbocycles. The van der Waals surface area contributed by atoms with E-state index in [1.54, 1.807) is 6.20 Å². The summed E-state index contributed by atoms with van der Waals surface area (Å²) in [5.74, 6) is 0.902. The molecule has 1 atom stereocenters. The molecule has 0 aliphatic carbocycles. The molecule has 1 fully saturated rings. The zero-order valence-corrected chi connectivity index (χ0v) is 14.4. The van der Waals surface area contributed by atoms with Gasteiger partial charge in [-0.3, -0.25) is 9.78 Å². The van der Waals surface area contributed by atoms with Crippen LogP contribution in [0.3, 0.4) is 0 Å². The van der Waals surface area contributed by atoms with E-state index in [0.717, 1.165) is 30.5 Å². The molecule has 1 saturated heterocycles. The van der Waals surface area contributed by atoms with Gasteiger partial charge in [-0.1, -0.05) is 17.8 Å². The molecule has 7 nitrogen and oxygen atoms in total. The Morgan fingerprint density at radius 1 is 1.36 bits per heavy atom. The van der Waals surface area contributed by atoms with Crippen LogP contribution in [-0.4, -0.2) is 32.2 Å². The molecule has 4 rings (SSSR count). The van der Waals surface area contributed by atoms with Gasteiger partial charge in [-0.15, -0.1) is 0 Å². The Morgan fingerprint density at radius 2 is 2.32 bits per heavy atom. The molecular weight excluding hydrogens is 340 g/mol. The first-order valence-corrected chi connectivity index (χ1v) is 9.18. The molecule has 3 aromatic rings. The number of imidazole rings is 1. The first-order chi connectivity index (χ1) is 12.3. The topological polar surface area (TPSA) is 81.5 Å². The molecule has 4 heterocycles. The number of aromatic nitrogens is 4. The average Bonchev–Trinajstić information content (AvgIpc) is 3.11. The standard InChI is InChI=1S/C17H18N4O3S/c22-16-13(24-15-3-1-2-8-23-15)9-19-17(20-16)25-11-12-4-5-14-18-6-7-21(14)10-12/h4-7,9-10,15H,1-3,8,11H2,(H,19,20,22). The minimum atomic E-state index is -0.350. The normalized spacial score (nSPS) is 17.7. The summed E-state index contributed by atoms with van der Waals surface area (Å²) in [6, 6.07) is 3.98. The summed E-state index contributed by atoms with van der Waals surface area (Å²) in [4.78, 5) is 23.4. The number of hydrogen-bond acceptors (Lipinski definition) is 6. The van der Waals surface area contributed by atoms with Crippen LogP contribution in [0.15, 0.2) is 46.9 Å². The van der Waals surface area contributed by atoms with Crippen molar-refractivity contribution < 1.29 is 9.47 Å². The van der Waals surface area contributed by atoms with Crippen molar-refractivity contribution >= 4 is 17.4 Å². The molecule has 130 valence electrons. The maximum atomic E-state index is 12.2. The van der Waals surface area contributed by atoms with Gasteiger partial charge in [-0.2, -0.15) is 0 Å². The molecule has 1 unspecified atom stereocenters. The van der Waals surface area contributed by atoms with Crippen LogP contribution in [0.4, 0.5) is 0 Å². The number of H-pyrrole nitrogens is 1. The van der Waals surface area contributed by atoms with Gasteiger partial charge >= 0.3 is 0 Å². The molecule has 0 bridgehead atoms. The molecule has 1 aliphatic heterocycles. The van der Waals surface area contributed by atoms with E-state index in [0.29, 0.717) is 17.5 Å². The number of fused-ring (bicyclic) bond motifs is 1. The largest absolute Gasteiger partial charge is 0.458 e. The highest BCUT2D eigenvalue weighted by atomic mass is 32.2. The van der Waals surface area contributed by atoms with Crippen LogP contribution < -0.4 is 10.3 Å². The number of nitrogens with zero attached hydrogens (tertiary/aromatic N) is 3. The number of nitrogens with one attached hydrogen (secondary N) is 1. The van der Waals surface area contributed by atoms with Crippen molar-refractivity contribution in [3.8, 4) is 5.75 Å². The molecule has 0 radical (unpaired) electrons. The third kappa shape index (κ3) is 3.85. The van der Waals surface area contributed by atoms with Gasteiger partial charge in [-0.05, 0) is 24.5 Å². The number of thioether (sulfide) groups is 1. The van der Waals surface area contributed by atoms with Crippen molar-refractivity contribution in [1.29, 1.82) is 0 Å². The highest BCUT2D eigenvalue weighted by Gasteiger charge is 2.17. The number of pyridine rings is 1. The molecule has 25 heavy (non-hydrogen) atoms. The van der Waals surface area contributed by atoms with Gasteiger partial charge in [0.2, 0.25) is 5.75 Å². The second-order valence-corrected chi connectivity index (χ2v) is 6.78. The number of aromatic amines is 1. The van der Waals surface area contributed by atoms with Gasteiger partial charge in [0.15, 0.2) is 11.4 Å². The lowest BCUT2D eigenvalue weighted by Crippen LogP contribution is -2.27. The van der Waals surface area contributed by atoms with E-state index >= 15 is 0 Å². The second-order valence-electron chi connectivity index (χ2n) is 5.81. The SMILES string of the molecule is O=c1[nH]c(SCc2ccc3nccn3c2)ncc1OC1CCCCO1. The zero-order chi connectivity index (χ0) is 17.1. The minimum absolute atomic E-state index is 0.205. The molecule has 1 N–H and O–H groups in total. The van der Waals surface area contributed by atoms with Crippen LogP contribution in [0.2, 0.25) is 0 Å². The van der Waals surface area contributed by atoms with Crippen LogP contribution in [0.1, 0.15) is 24.8 Å². The summed E-state index contributed by atoms with van der Waals surface area (Å²) in [6.07, 6.45) is 9.69. The van der Waals surface area contributed by atoms with Gasteiger partial charge in [0, 0.05) is 30.8 Å². The van der Waals surface area contributed by atoms with Crippen LogP contribution >= 0.6 is 11.8 Å². The zero-order valence-electron chi connectivity index (χ0n) is 13.6. The molecule has 3 aromatic heterocycles. The Morgan fingerprint density at radius 3 is 3.16 bits per heavy atom. The highest BCUT2D eigenvalue weighted by molar-refractivity contribution is 7.98. The van der Waals surface area contributed by atoms with E-state index in [2.05, 4.69) is 15.0 Å². The Bertz CT molecular complexity index is 917. The van der Waals surface area contributed by atoms with Gasteiger partial charge in [-0.25, -0.2) is 9.97 Å². The number of hydrogen-bond donors (Lipinski definition) is 1. The van der Waals surface area contributed by atoms with Crippen molar-refractivity contribution in [3.05, 3.63) is 52.8 Å². The van der Waals surface area contributed by atoms with Crippen LogP contribution in [-0.2, 0) is 10.5 Å². The fourth-order valence-corrected chi connectivity index (χ4v) is 3.44. The third-order valence-electron chi connectivity index (χ3n) is 3.97. The Labute approximate surface area is 148 Å². The lowest BCUT2D eigenvalue weighted by molar-refractivity contribution is -0.106. The van der Waals surface area contributed by atoms with Crippen molar-refractivity contribution in [3.63, 3.8) is 0 Å². The molecule has 0 amide bonds. The first kappa shape index (κ1) is 16.2. The van der Waals surface area contributed by atoms with Crippen molar-refractivity contribution in [2.24, 2.45) is 0 Å². The summed E-state index contributed by atoms with van der Waals surface area (Å²) in [5.41, 5.74) is 1.75. The summed E-state index contributed by atoms with van der Waals surface area (Å²) in [6.45, 7) is 0.672. The Hall–Kier alpha value is -2.32. The van der Waals surface area contributed by atoms with Gasteiger partial charge in [0.1, 0.15) is 5.65 Å². The predicted molar refractivity (Wildman–Crippen MR) is 93.8 cm³/mol. The van der Waals surface area contributed by atoms with E-state index in [1.165, 1.54) is 18.0 Å². The molecular formula is C17H18N4O3S. The Kier molecular flexibility index (Phi) is 4.71. The van der Waals surface area contributed by atoms with E-state index < -0.39 is 0 Å². The second kappa shape index (κ2) is 7.28. The molecule has 8 heteroatoms. The van der Waals surface area contributed by atoms with Crippen LogP contribution in [0.5, 0.6) is 5.75 Å². The lowest BCUT2D eigenvalue weighted by Gasteiger charge is -2.22. The van der Waals surface area contributed by atoms with Crippen molar-refractivity contribution in [1.82, 2.24) is 19.4 Å². The van der Waals surface area contributed by atoms with Gasteiger partial charge in [0.25, 0.3) is 5.56 Å². The quantitative estimate of drug-likeness (QED) is 0.558. The maximum absolute atomic E-state index is 12.2. The smallest absolute Gasteiger partial charge is 0.294 e. The summed E-state index contributed by atoms with van der Waals surface area (Å²) >= 11 is 1.47. The van der Waals surface area contributed by atoms with Gasteiger partial charge in [0.05, 0.1) is 12.8 Å². The molecule has 0 aromatic carbocycles. The van der Waals surface area contributed by atoms with E-state index in [1.807, 2.05) is 28.9 Å². The van der Waals surface area contributed by atoms with E-state index in [4.69, 9.17) is 9.47 Å². The number of ether oxygens (including phenoxy) is 2. The molecule has 1 aliphatic rings. The fourth-order valence-electron chi connectivity index (χ4n) is 2.67. The minimum Gasteiger partial charge on any atom is -0.458 e. The van der Waals surface area contributed by atoms with Crippen molar-refractivity contribution in [2.75, 3.05) is 6.61 Å². The van der Waals surface area contributed by atoms with Crippen molar-refractivity contribution in [2.45, 2.75) is 36.5 Å². The first-order valence-electron chi connectivity index (χ1n) is 8.20. The summed E-state index contributed by atoms with van der Waals surface area (Å²) in [7, 11) is 0. The monoisotopic (exact) mass is 358 g/mol. The van der Waals surface area contributed by atoms with Crippen LogP contribution in [0.25, 0.3) is 5.65 Å². The summed E-state index contributed by atoms with van der Waals surface area (Å²) in [5, 5.41) is 0.563. The fraction of sp³-hybridized carbons (Fsp3) is 0.353. The number of rotatable bonds is 5. The summed E-state index contributed by atoms with van der Waals surface area (Å²) < 4.78 is 13.0. The lowest BCUT2D eigenvalue weighted by atomic mass is 10.2. The Balaban J connectivity index is 1.40. The van der Waals surface area contributed by atoms with Gasteiger partial charge < -0.3 is 13.9 Å². The van der Waals surface area contributed by atoms with E-state index in [9.17, 15) is 4.79 Å². The molecule has 0 spiro atoms. The predicted octanol–water partition coefficient (Wildman–Crippen LogP) is 2.62. The van der Waals surface area contributed by atoms with Crippen LogP contribution in [0, 0.1) is 0 Å². The average molecular weight is 358 g/mol. The highest BCUT2D eigenvalue weighted by Crippen LogP contribution is 2.20.